The van der Waals surface area contributed by atoms with E-state index in [1.165, 1.54) is 16.2 Å². The van der Waals surface area contributed by atoms with Crippen molar-refractivity contribution in [1.29, 1.82) is 0 Å². The third kappa shape index (κ3) is 7.17. The van der Waals surface area contributed by atoms with Gasteiger partial charge in [0.15, 0.2) is 34.9 Å². The van der Waals surface area contributed by atoms with Crippen molar-refractivity contribution < 1.29 is 0 Å². The lowest BCUT2D eigenvalue weighted by Gasteiger charge is -2.12. The molecule has 7 nitrogen and oxygen atoms in total. The van der Waals surface area contributed by atoms with Crippen LogP contribution in [0.3, 0.4) is 0 Å². The van der Waals surface area contributed by atoms with Crippen molar-refractivity contribution in [2.75, 3.05) is 0 Å². The molecule has 0 amide bonds. The molecular formula is C58H37N7. The summed E-state index contributed by atoms with van der Waals surface area (Å²) >= 11 is 0. The molecule has 0 aliphatic heterocycles. The molecular weight excluding hydrogens is 795 g/mol. The van der Waals surface area contributed by atoms with Gasteiger partial charge in [-0.3, -0.25) is 0 Å². The summed E-state index contributed by atoms with van der Waals surface area (Å²) in [4.78, 5) is 30.4. The van der Waals surface area contributed by atoms with Crippen molar-refractivity contribution in [2.24, 2.45) is 0 Å². The van der Waals surface area contributed by atoms with Gasteiger partial charge in [0, 0.05) is 49.8 Å². The van der Waals surface area contributed by atoms with Gasteiger partial charge < -0.3 is 4.57 Å². The summed E-state index contributed by atoms with van der Waals surface area (Å²) in [6, 6.07) is 77.2. The Morgan fingerprint density at radius 1 is 0.231 bits per heavy atom. The van der Waals surface area contributed by atoms with Crippen LogP contribution in [-0.4, -0.2) is 34.5 Å². The van der Waals surface area contributed by atoms with Gasteiger partial charge in [-0.25, -0.2) is 29.9 Å². The van der Waals surface area contributed by atoms with Crippen LogP contribution in [0.4, 0.5) is 0 Å². The van der Waals surface area contributed by atoms with E-state index in [4.69, 9.17) is 29.9 Å². The van der Waals surface area contributed by atoms with E-state index in [1.807, 2.05) is 103 Å². The Balaban J connectivity index is 0.976. The zero-order valence-electron chi connectivity index (χ0n) is 35.0. The van der Waals surface area contributed by atoms with Gasteiger partial charge in [-0.2, -0.15) is 0 Å². The number of rotatable bonds is 8. The fourth-order valence-corrected chi connectivity index (χ4v) is 8.66. The molecule has 0 spiro atoms. The molecule has 9 aromatic carbocycles. The van der Waals surface area contributed by atoms with Gasteiger partial charge >= 0.3 is 0 Å². The van der Waals surface area contributed by atoms with Gasteiger partial charge in [0.05, 0.1) is 11.0 Å². The van der Waals surface area contributed by atoms with E-state index in [0.29, 0.717) is 34.9 Å². The van der Waals surface area contributed by atoms with E-state index < -0.39 is 0 Å². The number of hydrogen-bond donors (Lipinski definition) is 0. The molecule has 12 rings (SSSR count). The van der Waals surface area contributed by atoms with Crippen molar-refractivity contribution in [3.63, 3.8) is 0 Å². The van der Waals surface area contributed by atoms with Gasteiger partial charge in [-0.15, -0.1) is 0 Å². The van der Waals surface area contributed by atoms with Crippen LogP contribution >= 0.6 is 0 Å². The van der Waals surface area contributed by atoms with E-state index in [9.17, 15) is 0 Å². The topological polar surface area (TPSA) is 82.3 Å². The molecule has 65 heavy (non-hydrogen) atoms. The van der Waals surface area contributed by atoms with E-state index >= 15 is 0 Å². The Kier molecular flexibility index (Phi) is 9.34. The molecule has 0 saturated heterocycles. The second kappa shape index (κ2) is 16.1. The summed E-state index contributed by atoms with van der Waals surface area (Å²) in [6.07, 6.45) is 0. The van der Waals surface area contributed by atoms with Crippen LogP contribution in [0.15, 0.2) is 224 Å². The number of para-hydroxylation sites is 1. The first-order valence-corrected chi connectivity index (χ1v) is 21.6. The van der Waals surface area contributed by atoms with E-state index in [-0.39, 0.29) is 0 Å². The molecule has 0 radical (unpaired) electrons. The molecule has 0 aliphatic carbocycles. The molecule has 7 heteroatoms. The SMILES string of the molecule is c1ccc(-c2nc(-c3ccccc3)nc(-c3cccc(-c4cccc(-c5nc(-c6ccccc6)nc(-c6ccc7c8cc9ccccc9cc8n(-c8ccccc8)c7c6)n5)c4)c3)n2)cc1. The predicted molar refractivity (Wildman–Crippen MR) is 263 cm³/mol. The van der Waals surface area contributed by atoms with Crippen molar-refractivity contribution in [1.82, 2.24) is 34.5 Å². The van der Waals surface area contributed by atoms with Crippen molar-refractivity contribution in [2.45, 2.75) is 0 Å². The third-order valence-corrected chi connectivity index (χ3v) is 11.8. The molecule has 0 aliphatic rings. The summed E-state index contributed by atoms with van der Waals surface area (Å²) in [5, 5.41) is 4.76. The normalized spacial score (nSPS) is 11.4. The maximum absolute atomic E-state index is 5.23. The van der Waals surface area contributed by atoms with Gasteiger partial charge in [0.1, 0.15) is 0 Å². The highest BCUT2D eigenvalue weighted by Gasteiger charge is 2.19. The Hall–Kier alpha value is -8.94. The van der Waals surface area contributed by atoms with E-state index in [1.54, 1.807) is 0 Å². The standard InChI is InChI=1S/C58H37N7/c1-5-17-38(18-6-1)53-59-54(39-19-7-2-8-20-39)61-56(60-53)45-27-15-25-41(33-45)42-26-16-28-46(34-42)57-62-55(40-21-9-3-10-22-40)63-58(64-57)47-31-32-49-50-35-43-23-13-14-24-44(43)36-52(50)65(51(49)37-47)48-29-11-4-12-30-48/h1-37H. The summed E-state index contributed by atoms with van der Waals surface area (Å²) in [5.74, 6) is 3.62. The van der Waals surface area contributed by atoms with Crippen LogP contribution in [0.25, 0.3) is 118 Å². The molecule has 0 unspecified atom stereocenters. The Labute approximate surface area is 375 Å². The highest BCUT2D eigenvalue weighted by Crippen LogP contribution is 2.38. The van der Waals surface area contributed by atoms with Crippen LogP contribution in [0, 0.1) is 0 Å². The van der Waals surface area contributed by atoms with Gasteiger partial charge in [-0.1, -0.05) is 182 Å². The number of hydrogen-bond acceptors (Lipinski definition) is 6. The zero-order valence-corrected chi connectivity index (χ0v) is 35.0. The highest BCUT2D eigenvalue weighted by molar-refractivity contribution is 6.14. The van der Waals surface area contributed by atoms with Crippen molar-refractivity contribution >= 4 is 32.6 Å². The number of fused-ring (bicyclic) bond motifs is 4. The first-order chi connectivity index (χ1) is 32.2. The maximum Gasteiger partial charge on any atom is 0.164 e. The molecule has 0 atom stereocenters. The minimum atomic E-state index is 0.583. The van der Waals surface area contributed by atoms with Crippen LogP contribution in [0.1, 0.15) is 0 Å². The first kappa shape index (κ1) is 37.8. The summed E-state index contributed by atoms with van der Waals surface area (Å²) in [5.41, 5.74) is 10.8. The smallest absolute Gasteiger partial charge is 0.164 e. The number of aromatic nitrogens is 7. The van der Waals surface area contributed by atoms with Gasteiger partial charge in [0.25, 0.3) is 0 Å². The lowest BCUT2D eigenvalue weighted by Crippen LogP contribution is -2.01. The Morgan fingerprint density at radius 3 is 1.06 bits per heavy atom. The molecule has 0 bridgehead atoms. The van der Waals surface area contributed by atoms with Crippen LogP contribution in [0.2, 0.25) is 0 Å². The average Bonchev–Trinajstić information content (AvgIpc) is 3.71. The van der Waals surface area contributed by atoms with E-state index in [0.717, 1.165) is 66.6 Å². The van der Waals surface area contributed by atoms with Gasteiger partial charge in [0.2, 0.25) is 0 Å². The predicted octanol–water partition coefficient (Wildman–Crippen LogP) is 14.0. The molecule has 0 N–H and O–H groups in total. The Bertz CT molecular complexity index is 3640. The van der Waals surface area contributed by atoms with Crippen LogP contribution in [0.5, 0.6) is 0 Å². The van der Waals surface area contributed by atoms with Crippen LogP contribution < -0.4 is 0 Å². The molecule has 3 aromatic heterocycles. The second-order valence-electron chi connectivity index (χ2n) is 16.0. The number of nitrogens with zero attached hydrogens (tertiary/aromatic N) is 7. The van der Waals surface area contributed by atoms with Crippen molar-refractivity contribution in [3.8, 4) is 85.1 Å². The van der Waals surface area contributed by atoms with Crippen LogP contribution in [-0.2, 0) is 0 Å². The Morgan fingerprint density at radius 2 is 0.585 bits per heavy atom. The van der Waals surface area contributed by atoms with E-state index in [2.05, 4.69) is 126 Å². The fraction of sp³-hybridized carbons (Fsp3) is 0. The summed E-state index contributed by atoms with van der Waals surface area (Å²) < 4.78 is 2.35. The largest absolute Gasteiger partial charge is 0.309 e. The molecule has 304 valence electrons. The lowest BCUT2D eigenvalue weighted by atomic mass is 10.0. The third-order valence-electron chi connectivity index (χ3n) is 11.8. The lowest BCUT2D eigenvalue weighted by molar-refractivity contribution is 1.07. The monoisotopic (exact) mass is 831 g/mol. The minimum absolute atomic E-state index is 0.583. The fourth-order valence-electron chi connectivity index (χ4n) is 8.66. The number of benzene rings is 9. The minimum Gasteiger partial charge on any atom is -0.309 e. The molecule has 3 heterocycles. The quantitative estimate of drug-likeness (QED) is 0.152. The van der Waals surface area contributed by atoms with Crippen molar-refractivity contribution in [3.05, 3.63) is 224 Å². The molecule has 0 saturated carbocycles. The summed E-state index contributed by atoms with van der Waals surface area (Å²) in [7, 11) is 0. The molecule has 0 fully saturated rings. The second-order valence-corrected chi connectivity index (χ2v) is 16.0. The zero-order chi connectivity index (χ0) is 43.1. The maximum atomic E-state index is 5.23. The average molecular weight is 832 g/mol. The molecule has 12 aromatic rings. The summed E-state index contributed by atoms with van der Waals surface area (Å²) in [6.45, 7) is 0. The first-order valence-electron chi connectivity index (χ1n) is 21.6. The highest BCUT2D eigenvalue weighted by atomic mass is 15.0. The van der Waals surface area contributed by atoms with Gasteiger partial charge in [-0.05, 0) is 64.4 Å².